The van der Waals surface area contributed by atoms with E-state index < -0.39 is 35.7 Å². The number of urea groups is 1. The first kappa shape index (κ1) is 19.6. The number of carbonyl (C=O) groups is 3. The van der Waals surface area contributed by atoms with Gasteiger partial charge in [-0.25, -0.2) is 9.18 Å². The SMILES string of the molecule is CC1(c2ccc(F)cc2)NC(=O)N(CC(=O)Nc2nnc(-c3ccccc3)s2)C1=O. The topological polar surface area (TPSA) is 104 Å². The lowest BCUT2D eigenvalue weighted by atomic mass is 9.92. The average Bonchev–Trinajstić information content (AvgIpc) is 3.28. The molecule has 1 aliphatic heterocycles. The number of hydrogen-bond donors (Lipinski definition) is 2. The van der Waals surface area contributed by atoms with Crippen molar-refractivity contribution >= 4 is 34.3 Å². The van der Waals surface area contributed by atoms with Gasteiger partial charge in [-0.3, -0.25) is 19.8 Å². The number of anilines is 1. The van der Waals surface area contributed by atoms with Gasteiger partial charge in [0.2, 0.25) is 11.0 Å². The van der Waals surface area contributed by atoms with Gasteiger partial charge in [0.1, 0.15) is 22.9 Å². The number of rotatable bonds is 5. The van der Waals surface area contributed by atoms with Gasteiger partial charge >= 0.3 is 6.03 Å². The Morgan fingerprint density at radius 3 is 2.53 bits per heavy atom. The maximum Gasteiger partial charge on any atom is 0.325 e. The number of benzene rings is 2. The number of imide groups is 1. The quantitative estimate of drug-likeness (QED) is 0.612. The van der Waals surface area contributed by atoms with Crippen LogP contribution < -0.4 is 10.6 Å². The third-order valence-electron chi connectivity index (χ3n) is 4.69. The summed E-state index contributed by atoms with van der Waals surface area (Å²) in [6, 6.07) is 13.9. The third-order valence-corrected chi connectivity index (χ3v) is 5.58. The molecule has 1 aromatic heterocycles. The molecule has 152 valence electrons. The summed E-state index contributed by atoms with van der Waals surface area (Å²) in [5.74, 6) is -1.64. The standard InChI is InChI=1S/C20H16FN5O3S/c1-20(13-7-9-14(21)10-8-13)17(28)26(19(29)23-20)11-15(27)22-18-25-24-16(30-18)12-5-3-2-4-6-12/h2-10H,11H2,1H3,(H,23,29)(H,22,25,27). The van der Waals surface area contributed by atoms with Crippen molar-refractivity contribution in [3.8, 4) is 10.6 Å². The lowest BCUT2D eigenvalue weighted by molar-refractivity contribution is -0.133. The number of aromatic nitrogens is 2. The summed E-state index contributed by atoms with van der Waals surface area (Å²) in [7, 11) is 0. The van der Waals surface area contributed by atoms with Crippen LogP contribution in [0.2, 0.25) is 0 Å². The zero-order chi connectivity index (χ0) is 21.3. The Kier molecular flexibility index (Phi) is 5.00. The Labute approximate surface area is 174 Å². The number of halogens is 1. The fraction of sp³-hybridized carbons (Fsp3) is 0.150. The molecule has 0 saturated carbocycles. The Balaban J connectivity index is 1.45. The van der Waals surface area contributed by atoms with Crippen LogP contribution in [0.1, 0.15) is 12.5 Å². The van der Waals surface area contributed by atoms with Crippen molar-refractivity contribution in [2.45, 2.75) is 12.5 Å². The number of carbonyl (C=O) groups excluding carboxylic acids is 3. The molecule has 0 bridgehead atoms. The van der Waals surface area contributed by atoms with E-state index in [0.29, 0.717) is 10.6 Å². The van der Waals surface area contributed by atoms with Crippen LogP contribution in [-0.4, -0.2) is 39.5 Å². The maximum absolute atomic E-state index is 13.2. The summed E-state index contributed by atoms with van der Waals surface area (Å²) in [6.45, 7) is 1.02. The summed E-state index contributed by atoms with van der Waals surface area (Å²) in [4.78, 5) is 38.4. The van der Waals surface area contributed by atoms with E-state index >= 15 is 0 Å². The van der Waals surface area contributed by atoms with Gasteiger partial charge in [0.25, 0.3) is 5.91 Å². The van der Waals surface area contributed by atoms with Crippen LogP contribution in [0.4, 0.5) is 14.3 Å². The molecule has 0 spiro atoms. The van der Waals surface area contributed by atoms with Gasteiger partial charge in [-0.2, -0.15) is 0 Å². The molecule has 2 N–H and O–H groups in total. The Morgan fingerprint density at radius 2 is 1.83 bits per heavy atom. The minimum Gasteiger partial charge on any atom is -0.319 e. The first-order valence-electron chi connectivity index (χ1n) is 8.96. The third kappa shape index (κ3) is 3.64. The van der Waals surface area contributed by atoms with Gasteiger partial charge in [-0.1, -0.05) is 53.8 Å². The highest BCUT2D eigenvalue weighted by atomic mass is 32.1. The van der Waals surface area contributed by atoms with Crippen molar-refractivity contribution in [3.05, 3.63) is 66.0 Å². The van der Waals surface area contributed by atoms with Crippen LogP contribution in [0.15, 0.2) is 54.6 Å². The predicted octanol–water partition coefficient (Wildman–Crippen LogP) is 2.75. The Morgan fingerprint density at radius 1 is 1.13 bits per heavy atom. The monoisotopic (exact) mass is 425 g/mol. The van der Waals surface area contributed by atoms with Crippen molar-refractivity contribution < 1.29 is 18.8 Å². The van der Waals surface area contributed by atoms with Crippen LogP contribution in [-0.2, 0) is 15.1 Å². The van der Waals surface area contributed by atoms with E-state index in [9.17, 15) is 18.8 Å². The molecule has 30 heavy (non-hydrogen) atoms. The van der Waals surface area contributed by atoms with E-state index in [4.69, 9.17) is 0 Å². The van der Waals surface area contributed by atoms with Crippen molar-refractivity contribution in [3.63, 3.8) is 0 Å². The highest BCUT2D eigenvalue weighted by Gasteiger charge is 2.49. The molecule has 2 aromatic carbocycles. The molecule has 1 unspecified atom stereocenters. The summed E-state index contributed by atoms with van der Waals surface area (Å²) in [5.41, 5.74) is -0.102. The van der Waals surface area contributed by atoms with Crippen molar-refractivity contribution in [2.75, 3.05) is 11.9 Å². The summed E-state index contributed by atoms with van der Waals surface area (Å²) < 4.78 is 13.2. The molecule has 4 rings (SSSR count). The van der Waals surface area contributed by atoms with Gasteiger partial charge in [0.05, 0.1) is 0 Å². The van der Waals surface area contributed by atoms with E-state index in [1.54, 1.807) is 0 Å². The fourth-order valence-electron chi connectivity index (χ4n) is 3.09. The first-order valence-corrected chi connectivity index (χ1v) is 9.77. The van der Waals surface area contributed by atoms with Gasteiger partial charge < -0.3 is 5.32 Å². The molecule has 1 aliphatic rings. The summed E-state index contributed by atoms with van der Waals surface area (Å²) >= 11 is 1.18. The molecular weight excluding hydrogens is 409 g/mol. The molecule has 0 radical (unpaired) electrons. The van der Waals surface area contributed by atoms with Crippen LogP contribution in [0.5, 0.6) is 0 Å². The lowest BCUT2D eigenvalue weighted by Crippen LogP contribution is -2.42. The van der Waals surface area contributed by atoms with Crippen LogP contribution >= 0.6 is 11.3 Å². The molecule has 8 nitrogen and oxygen atoms in total. The Bertz CT molecular complexity index is 1120. The van der Waals surface area contributed by atoms with E-state index in [1.165, 1.54) is 42.5 Å². The first-order chi connectivity index (χ1) is 14.4. The summed E-state index contributed by atoms with van der Waals surface area (Å²) in [5, 5.41) is 14.0. The van der Waals surface area contributed by atoms with E-state index in [-0.39, 0.29) is 5.13 Å². The van der Waals surface area contributed by atoms with Crippen LogP contribution in [0.3, 0.4) is 0 Å². The second-order valence-corrected chi connectivity index (χ2v) is 7.76. The average molecular weight is 425 g/mol. The fourth-order valence-corrected chi connectivity index (χ4v) is 3.86. The molecule has 2 heterocycles. The van der Waals surface area contributed by atoms with Crippen LogP contribution in [0, 0.1) is 5.82 Å². The molecule has 1 fully saturated rings. The van der Waals surface area contributed by atoms with Crippen molar-refractivity contribution in [1.82, 2.24) is 20.4 Å². The number of nitrogens with zero attached hydrogens (tertiary/aromatic N) is 3. The lowest BCUT2D eigenvalue weighted by Gasteiger charge is -2.22. The maximum atomic E-state index is 13.2. The van der Waals surface area contributed by atoms with Crippen molar-refractivity contribution in [2.24, 2.45) is 0 Å². The molecule has 1 atom stereocenters. The zero-order valence-electron chi connectivity index (χ0n) is 15.8. The van der Waals surface area contributed by atoms with Gasteiger partial charge in [-0.05, 0) is 24.6 Å². The van der Waals surface area contributed by atoms with Gasteiger partial charge in [0, 0.05) is 5.56 Å². The smallest absolute Gasteiger partial charge is 0.319 e. The highest BCUT2D eigenvalue weighted by Crippen LogP contribution is 2.29. The molecule has 4 amide bonds. The van der Waals surface area contributed by atoms with E-state index in [1.807, 2.05) is 30.3 Å². The van der Waals surface area contributed by atoms with Gasteiger partial charge in [-0.15, -0.1) is 10.2 Å². The highest BCUT2D eigenvalue weighted by molar-refractivity contribution is 7.18. The number of nitrogens with one attached hydrogen (secondary N) is 2. The molecular formula is C20H16FN5O3S. The molecule has 0 aliphatic carbocycles. The minimum atomic E-state index is -1.38. The van der Waals surface area contributed by atoms with Crippen LogP contribution in [0.25, 0.3) is 10.6 Å². The second-order valence-electron chi connectivity index (χ2n) is 6.78. The summed E-state index contributed by atoms with van der Waals surface area (Å²) in [6.07, 6.45) is 0. The Hall–Kier alpha value is -3.66. The largest absolute Gasteiger partial charge is 0.325 e. The van der Waals surface area contributed by atoms with Gasteiger partial charge in [0.15, 0.2) is 0 Å². The van der Waals surface area contributed by atoms with Crippen molar-refractivity contribution in [1.29, 1.82) is 0 Å². The predicted molar refractivity (Wildman–Crippen MR) is 108 cm³/mol. The zero-order valence-corrected chi connectivity index (χ0v) is 16.6. The number of amides is 4. The normalized spacial score (nSPS) is 18.4. The molecule has 1 saturated heterocycles. The minimum absolute atomic E-state index is 0.257. The van der Waals surface area contributed by atoms with E-state index in [0.717, 1.165) is 10.5 Å². The molecule has 10 heteroatoms. The number of hydrogen-bond acceptors (Lipinski definition) is 6. The van der Waals surface area contributed by atoms with E-state index in [2.05, 4.69) is 20.8 Å². The second kappa shape index (κ2) is 7.64. The molecule has 3 aromatic rings.